The first-order chi connectivity index (χ1) is 8.99. The Labute approximate surface area is 116 Å². The van der Waals surface area contributed by atoms with E-state index in [1.807, 2.05) is 6.07 Å². The summed E-state index contributed by atoms with van der Waals surface area (Å²) in [6.07, 6.45) is 2.68. The lowest BCUT2D eigenvalue weighted by Gasteiger charge is -2.04. The van der Waals surface area contributed by atoms with E-state index in [1.165, 1.54) is 24.3 Å². The fraction of sp³-hybridized carbons (Fsp3) is 0.167. The van der Waals surface area contributed by atoms with Crippen LogP contribution in [0.4, 0.5) is 5.82 Å². The van der Waals surface area contributed by atoms with Crippen LogP contribution in [0.5, 0.6) is 0 Å². The van der Waals surface area contributed by atoms with Crippen LogP contribution in [0.25, 0.3) is 0 Å². The second kappa shape index (κ2) is 5.58. The van der Waals surface area contributed by atoms with Crippen LogP contribution in [0.1, 0.15) is 0 Å². The monoisotopic (exact) mass is 295 g/mol. The van der Waals surface area contributed by atoms with E-state index in [2.05, 4.69) is 15.3 Å². The molecule has 0 saturated carbocycles. The van der Waals surface area contributed by atoms with Crippen molar-refractivity contribution >= 4 is 27.4 Å². The predicted molar refractivity (Wildman–Crippen MR) is 75.3 cm³/mol. The predicted octanol–water partition coefficient (Wildman–Crippen LogP) is 2.07. The molecule has 0 aliphatic heterocycles. The van der Waals surface area contributed by atoms with E-state index in [9.17, 15) is 8.42 Å². The molecule has 7 heteroatoms. The third kappa shape index (κ3) is 3.68. The largest absolute Gasteiger partial charge is 0.373 e. The van der Waals surface area contributed by atoms with Crippen molar-refractivity contribution in [1.82, 2.24) is 9.97 Å². The minimum Gasteiger partial charge on any atom is -0.373 e. The molecule has 0 bridgehead atoms. The standard InChI is InChI=1S/C12H13N3O2S2/c1-13-11-7-12(15-8-14-11)18-9-3-5-10(6-4-9)19(2,16)17/h3-8H,1-2H3,(H,13,14,15). The molecular weight excluding hydrogens is 282 g/mol. The van der Waals surface area contributed by atoms with Crippen molar-refractivity contribution < 1.29 is 8.42 Å². The zero-order valence-electron chi connectivity index (χ0n) is 10.5. The van der Waals surface area contributed by atoms with E-state index in [1.54, 1.807) is 31.3 Å². The van der Waals surface area contributed by atoms with E-state index < -0.39 is 9.84 Å². The normalized spacial score (nSPS) is 11.3. The average Bonchev–Trinajstić information content (AvgIpc) is 2.38. The van der Waals surface area contributed by atoms with Crippen molar-refractivity contribution in [2.24, 2.45) is 0 Å². The number of hydrogen-bond acceptors (Lipinski definition) is 6. The second-order valence-electron chi connectivity index (χ2n) is 3.84. The molecule has 0 aliphatic carbocycles. The smallest absolute Gasteiger partial charge is 0.175 e. The first-order valence-electron chi connectivity index (χ1n) is 5.47. The van der Waals surface area contributed by atoms with E-state index in [4.69, 9.17) is 0 Å². The first-order valence-corrected chi connectivity index (χ1v) is 8.17. The molecule has 1 aromatic carbocycles. The van der Waals surface area contributed by atoms with Gasteiger partial charge in [0.05, 0.1) is 4.90 Å². The molecule has 2 rings (SSSR count). The molecule has 0 spiro atoms. The quantitative estimate of drug-likeness (QED) is 0.871. The molecule has 1 heterocycles. The average molecular weight is 295 g/mol. The van der Waals surface area contributed by atoms with Gasteiger partial charge in [-0.2, -0.15) is 0 Å². The number of aromatic nitrogens is 2. The summed E-state index contributed by atoms with van der Waals surface area (Å²) in [6, 6.07) is 8.55. The SMILES string of the molecule is CNc1cc(Sc2ccc(S(C)(=O)=O)cc2)ncn1. The van der Waals surface area contributed by atoms with Gasteiger partial charge >= 0.3 is 0 Å². The van der Waals surface area contributed by atoms with E-state index in [-0.39, 0.29) is 0 Å². The van der Waals surface area contributed by atoms with Gasteiger partial charge in [0.2, 0.25) is 0 Å². The van der Waals surface area contributed by atoms with Crippen molar-refractivity contribution in [1.29, 1.82) is 0 Å². The Hall–Kier alpha value is -1.60. The van der Waals surface area contributed by atoms with Gasteiger partial charge in [0, 0.05) is 24.3 Å². The van der Waals surface area contributed by atoms with Gasteiger partial charge in [-0.05, 0) is 24.3 Å². The zero-order chi connectivity index (χ0) is 13.9. The molecule has 1 aromatic heterocycles. The minimum atomic E-state index is -3.15. The molecule has 2 aromatic rings. The van der Waals surface area contributed by atoms with Gasteiger partial charge in [0.25, 0.3) is 0 Å². The number of nitrogens with zero attached hydrogens (tertiary/aromatic N) is 2. The van der Waals surface area contributed by atoms with Crippen LogP contribution in [0, 0.1) is 0 Å². The van der Waals surface area contributed by atoms with Crippen LogP contribution in [0.15, 0.2) is 51.5 Å². The number of hydrogen-bond donors (Lipinski definition) is 1. The maximum atomic E-state index is 11.4. The Balaban J connectivity index is 2.19. The van der Waals surface area contributed by atoms with Gasteiger partial charge in [-0.1, -0.05) is 11.8 Å². The summed E-state index contributed by atoms with van der Waals surface area (Å²) in [6.45, 7) is 0. The van der Waals surface area contributed by atoms with Crippen molar-refractivity contribution in [2.75, 3.05) is 18.6 Å². The number of rotatable bonds is 4. The Bertz CT molecular complexity index is 670. The Morgan fingerprint density at radius 2 is 1.84 bits per heavy atom. The maximum Gasteiger partial charge on any atom is 0.175 e. The molecular formula is C12H13N3O2S2. The number of sulfone groups is 1. The van der Waals surface area contributed by atoms with Crippen molar-refractivity contribution in [3.05, 3.63) is 36.7 Å². The highest BCUT2D eigenvalue weighted by atomic mass is 32.2. The molecule has 1 N–H and O–H groups in total. The summed E-state index contributed by atoms with van der Waals surface area (Å²) in [5.41, 5.74) is 0. The van der Waals surface area contributed by atoms with Gasteiger partial charge < -0.3 is 5.32 Å². The molecule has 0 radical (unpaired) electrons. The topological polar surface area (TPSA) is 72.0 Å². The molecule has 0 fully saturated rings. The summed E-state index contributed by atoms with van der Waals surface area (Å²) >= 11 is 1.45. The third-order valence-electron chi connectivity index (χ3n) is 2.37. The zero-order valence-corrected chi connectivity index (χ0v) is 12.1. The maximum absolute atomic E-state index is 11.4. The number of benzene rings is 1. The van der Waals surface area contributed by atoms with Crippen LogP contribution in [0.3, 0.4) is 0 Å². The molecule has 0 atom stereocenters. The Morgan fingerprint density at radius 1 is 1.16 bits per heavy atom. The molecule has 19 heavy (non-hydrogen) atoms. The molecule has 0 amide bonds. The van der Waals surface area contributed by atoms with Crippen LogP contribution in [0.2, 0.25) is 0 Å². The van der Waals surface area contributed by atoms with E-state index in [0.717, 1.165) is 15.7 Å². The summed E-state index contributed by atoms with van der Waals surface area (Å²) < 4.78 is 22.7. The van der Waals surface area contributed by atoms with Crippen molar-refractivity contribution in [3.8, 4) is 0 Å². The van der Waals surface area contributed by atoms with Crippen LogP contribution < -0.4 is 5.32 Å². The van der Waals surface area contributed by atoms with Crippen molar-refractivity contribution in [2.45, 2.75) is 14.8 Å². The van der Waals surface area contributed by atoms with Crippen molar-refractivity contribution in [3.63, 3.8) is 0 Å². The first kappa shape index (κ1) is 13.8. The fourth-order valence-electron chi connectivity index (χ4n) is 1.41. The molecule has 0 unspecified atom stereocenters. The summed E-state index contributed by atoms with van der Waals surface area (Å²) in [5.74, 6) is 0.741. The van der Waals surface area contributed by atoms with Gasteiger partial charge in [0.15, 0.2) is 9.84 Å². The molecule has 0 aliphatic rings. The van der Waals surface area contributed by atoms with Gasteiger partial charge in [-0.3, -0.25) is 0 Å². The third-order valence-corrected chi connectivity index (χ3v) is 4.44. The summed E-state index contributed by atoms with van der Waals surface area (Å²) in [5, 5.41) is 3.74. The van der Waals surface area contributed by atoms with Crippen LogP contribution in [-0.4, -0.2) is 31.7 Å². The molecule has 5 nitrogen and oxygen atoms in total. The number of anilines is 1. The van der Waals surface area contributed by atoms with Gasteiger partial charge in [-0.15, -0.1) is 0 Å². The lowest BCUT2D eigenvalue weighted by Crippen LogP contribution is -1.96. The Morgan fingerprint density at radius 3 is 2.42 bits per heavy atom. The minimum absolute atomic E-state index is 0.315. The lowest BCUT2D eigenvalue weighted by atomic mass is 10.4. The lowest BCUT2D eigenvalue weighted by molar-refractivity contribution is 0.602. The summed E-state index contributed by atoms with van der Waals surface area (Å²) in [7, 11) is -1.36. The molecule has 100 valence electrons. The fourth-order valence-corrected chi connectivity index (χ4v) is 2.82. The van der Waals surface area contributed by atoms with Crippen LogP contribution in [-0.2, 0) is 9.84 Å². The highest BCUT2D eigenvalue weighted by Crippen LogP contribution is 2.27. The highest BCUT2D eigenvalue weighted by molar-refractivity contribution is 7.99. The van der Waals surface area contributed by atoms with Gasteiger partial charge in [0.1, 0.15) is 17.2 Å². The van der Waals surface area contributed by atoms with Crippen LogP contribution >= 0.6 is 11.8 Å². The van der Waals surface area contributed by atoms with Gasteiger partial charge in [-0.25, -0.2) is 18.4 Å². The number of nitrogens with one attached hydrogen (secondary N) is 1. The second-order valence-corrected chi connectivity index (χ2v) is 6.95. The Kier molecular flexibility index (Phi) is 4.06. The highest BCUT2D eigenvalue weighted by Gasteiger charge is 2.07. The van der Waals surface area contributed by atoms with E-state index in [0.29, 0.717) is 4.90 Å². The van der Waals surface area contributed by atoms with E-state index >= 15 is 0 Å². The molecule has 0 saturated heterocycles. The summed E-state index contributed by atoms with van der Waals surface area (Å²) in [4.78, 5) is 9.42.